The third-order valence-corrected chi connectivity index (χ3v) is 2.02. The van der Waals surface area contributed by atoms with Gasteiger partial charge in [-0.05, 0) is 25.1 Å². The van der Waals surface area contributed by atoms with Crippen LogP contribution in [0.1, 0.15) is 17.1 Å². The summed E-state index contributed by atoms with van der Waals surface area (Å²) in [7, 11) is 0. The van der Waals surface area contributed by atoms with Gasteiger partial charge in [0.1, 0.15) is 11.8 Å². The molecule has 0 aliphatic rings. The summed E-state index contributed by atoms with van der Waals surface area (Å²) in [6, 6.07) is 7.28. The molecular weight excluding hydrogens is 216 g/mol. The van der Waals surface area contributed by atoms with Gasteiger partial charge in [0.2, 0.25) is 5.95 Å². The van der Waals surface area contributed by atoms with Crippen LogP contribution in [0.3, 0.4) is 0 Å². The maximum atomic E-state index is 8.78. The summed E-state index contributed by atoms with van der Waals surface area (Å²) in [4.78, 5) is 8.21. The number of rotatable bonds is 3. The standard InChI is InChI=1S/C11H10N6/c1-8-5-10(6-12)16-11(15-8)13-7-9-3-2-4-14-17-9/h2-5H,7H2,1H3,(H,13,15,16). The van der Waals surface area contributed by atoms with Crippen LogP contribution in [0.5, 0.6) is 0 Å². The Morgan fingerprint density at radius 1 is 1.41 bits per heavy atom. The van der Waals surface area contributed by atoms with Crippen LogP contribution < -0.4 is 5.32 Å². The van der Waals surface area contributed by atoms with E-state index in [0.29, 0.717) is 18.2 Å². The summed E-state index contributed by atoms with van der Waals surface area (Å²) in [5.41, 5.74) is 1.88. The van der Waals surface area contributed by atoms with E-state index in [4.69, 9.17) is 5.26 Å². The van der Waals surface area contributed by atoms with Crippen LogP contribution >= 0.6 is 0 Å². The first-order valence-electron chi connectivity index (χ1n) is 5.04. The zero-order valence-electron chi connectivity index (χ0n) is 9.25. The first-order chi connectivity index (χ1) is 8.28. The molecule has 0 aliphatic heterocycles. The molecular formula is C11H10N6. The SMILES string of the molecule is Cc1cc(C#N)nc(NCc2cccnn2)n1. The maximum absolute atomic E-state index is 8.78. The third-order valence-electron chi connectivity index (χ3n) is 2.02. The van der Waals surface area contributed by atoms with Gasteiger partial charge < -0.3 is 5.32 Å². The molecule has 2 rings (SSSR count). The molecule has 6 heteroatoms. The van der Waals surface area contributed by atoms with Crippen molar-refractivity contribution >= 4 is 5.95 Å². The second-order valence-corrected chi connectivity index (χ2v) is 3.40. The van der Waals surface area contributed by atoms with Crippen molar-refractivity contribution in [3.05, 3.63) is 41.5 Å². The van der Waals surface area contributed by atoms with E-state index in [9.17, 15) is 0 Å². The van der Waals surface area contributed by atoms with Crippen molar-refractivity contribution in [2.24, 2.45) is 0 Å². The lowest BCUT2D eigenvalue weighted by Crippen LogP contribution is -2.07. The molecule has 0 radical (unpaired) electrons. The molecule has 2 heterocycles. The fourth-order valence-corrected chi connectivity index (χ4v) is 1.30. The van der Waals surface area contributed by atoms with Gasteiger partial charge in [-0.3, -0.25) is 0 Å². The van der Waals surface area contributed by atoms with E-state index in [2.05, 4.69) is 25.5 Å². The van der Waals surface area contributed by atoms with Gasteiger partial charge in [-0.2, -0.15) is 15.5 Å². The molecule has 0 bridgehead atoms. The minimum absolute atomic E-state index is 0.346. The Morgan fingerprint density at radius 3 is 3.00 bits per heavy atom. The molecule has 0 fully saturated rings. The monoisotopic (exact) mass is 226 g/mol. The summed E-state index contributed by atoms with van der Waals surface area (Å²) in [5.74, 6) is 0.423. The summed E-state index contributed by atoms with van der Waals surface area (Å²) >= 11 is 0. The van der Waals surface area contributed by atoms with Crippen molar-refractivity contribution in [2.45, 2.75) is 13.5 Å². The smallest absolute Gasteiger partial charge is 0.224 e. The first-order valence-corrected chi connectivity index (χ1v) is 5.04. The molecule has 0 unspecified atom stereocenters. The number of hydrogen-bond acceptors (Lipinski definition) is 6. The average molecular weight is 226 g/mol. The highest BCUT2D eigenvalue weighted by molar-refractivity contribution is 5.33. The number of nitriles is 1. The Morgan fingerprint density at radius 2 is 2.29 bits per heavy atom. The lowest BCUT2D eigenvalue weighted by Gasteiger charge is -2.04. The molecule has 0 atom stereocenters. The van der Waals surface area contributed by atoms with Gasteiger partial charge in [0.25, 0.3) is 0 Å². The number of anilines is 1. The summed E-state index contributed by atoms with van der Waals surface area (Å²) < 4.78 is 0. The minimum Gasteiger partial charge on any atom is -0.348 e. The van der Waals surface area contributed by atoms with E-state index in [-0.39, 0.29) is 0 Å². The summed E-state index contributed by atoms with van der Waals surface area (Å²) in [6.07, 6.45) is 1.61. The highest BCUT2D eigenvalue weighted by Crippen LogP contribution is 2.05. The third kappa shape index (κ3) is 2.95. The Kier molecular flexibility index (Phi) is 3.21. The quantitative estimate of drug-likeness (QED) is 0.841. The molecule has 0 saturated heterocycles. The lowest BCUT2D eigenvalue weighted by atomic mass is 10.3. The number of aromatic nitrogens is 4. The van der Waals surface area contributed by atoms with E-state index in [1.165, 1.54) is 0 Å². The van der Waals surface area contributed by atoms with Gasteiger partial charge in [-0.1, -0.05) is 0 Å². The number of nitrogens with one attached hydrogen (secondary N) is 1. The Balaban J connectivity index is 2.10. The van der Waals surface area contributed by atoms with E-state index in [1.807, 2.05) is 25.1 Å². The van der Waals surface area contributed by atoms with Crippen molar-refractivity contribution in [3.8, 4) is 6.07 Å². The Hall–Kier alpha value is -2.55. The molecule has 84 valence electrons. The summed E-state index contributed by atoms with van der Waals surface area (Å²) in [6.45, 7) is 2.29. The van der Waals surface area contributed by atoms with Crippen LogP contribution in [-0.2, 0) is 6.54 Å². The number of hydrogen-bond donors (Lipinski definition) is 1. The molecule has 6 nitrogen and oxygen atoms in total. The van der Waals surface area contributed by atoms with E-state index in [1.54, 1.807) is 12.3 Å². The number of aryl methyl sites for hydroxylation is 1. The summed E-state index contributed by atoms with van der Waals surface area (Å²) in [5, 5.41) is 19.5. The van der Waals surface area contributed by atoms with Gasteiger partial charge >= 0.3 is 0 Å². The zero-order valence-corrected chi connectivity index (χ0v) is 9.25. The predicted molar refractivity (Wildman–Crippen MR) is 60.8 cm³/mol. The molecule has 0 saturated carbocycles. The predicted octanol–water partition coefficient (Wildman–Crippen LogP) is 1.06. The number of nitrogens with zero attached hydrogens (tertiary/aromatic N) is 5. The second kappa shape index (κ2) is 4.99. The normalized spacial score (nSPS) is 9.65. The Bertz CT molecular complexity index is 546. The average Bonchev–Trinajstić information content (AvgIpc) is 2.37. The van der Waals surface area contributed by atoms with Crippen molar-refractivity contribution in [1.82, 2.24) is 20.2 Å². The molecule has 0 aliphatic carbocycles. The second-order valence-electron chi connectivity index (χ2n) is 3.40. The van der Waals surface area contributed by atoms with Gasteiger partial charge in [-0.15, -0.1) is 0 Å². The van der Waals surface area contributed by atoms with Crippen molar-refractivity contribution in [3.63, 3.8) is 0 Å². The van der Waals surface area contributed by atoms with Crippen LogP contribution in [0.15, 0.2) is 24.4 Å². The van der Waals surface area contributed by atoms with Crippen molar-refractivity contribution in [1.29, 1.82) is 5.26 Å². The van der Waals surface area contributed by atoms with Gasteiger partial charge in [-0.25, -0.2) is 9.97 Å². The van der Waals surface area contributed by atoms with E-state index < -0.39 is 0 Å². The van der Waals surface area contributed by atoms with Gasteiger partial charge in [0, 0.05) is 11.9 Å². The van der Waals surface area contributed by atoms with Crippen molar-refractivity contribution < 1.29 is 0 Å². The van der Waals surface area contributed by atoms with Crippen LogP contribution in [0, 0.1) is 18.3 Å². The van der Waals surface area contributed by atoms with Crippen LogP contribution in [0.2, 0.25) is 0 Å². The molecule has 0 aromatic carbocycles. The topological polar surface area (TPSA) is 87.4 Å². The molecule has 0 amide bonds. The fraction of sp³-hybridized carbons (Fsp3) is 0.182. The van der Waals surface area contributed by atoms with E-state index in [0.717, 1.165) is 11.4 Å². The molecule has 17 heavy (non-hydrogen) atoms. The van der Waals surface area contributed by atoms with Gasteiger partial charge in [0.15, 0.2) is 0 Å². The lowest BCUT2D eigenvalue weighted by molar-refractivity contribution is 0.909. The van der Waals surface area contributed by atoms with E-state index >= 15 is 0 Å². The molecule has 2 aromatic heterocycles. The molecule has 2 aromatic rings. The molecule has 0 spiro atoms. The molecule has 1 N–H and O–H groups in total. The fourth-order valence-electron chi connectivity index (χ4n) is 1.30. The largest absolute Gasteiger partial charge is 0.348 e. The Labute approximate surface area is 98.4 Å². The van der Waals surface area contributed by atoms with Crippen LogP contribution in [0.4, 0.5) is 5.95 Å². The highest BCUT2D eigenvalue weighted by atomic mass is 15.1. The highest BCUT2D eigenvalue weighted by Gasteiger charge is 2.01. The van der Waals surface area contributed by atoms with Crippen LogP contribution in [-0.4, -0.2) is 20.2 Å². The maximum Gasteiger partial charge on any atom is 0.224 e. The van der Waals surface area contributed by atoms with Gasteiger partial charge in [0.05, 0.1) is 12.2 Å². The minimum atomic E-state index is 0.346. The van der Waals surface area contributed by atoms with Crippen molar-refractivity contribution in [2.75, 3.05) is 5.32 Å². The first kappa shape index (κ1) is 11.0. The van der Waals surface area contributed by atoms with Crippen LogP contribution in [0.25, 0.3) is 0 Å². The zero-order chi connectivity index (χ0) is 12.1.